The summed E-state index contributed by atoms with van der Waals surface area (Å²) in [5.74, 6) is 2.04. The van der Waals surface area contributed by atoms with E-state index < -0.39 is 0 Å². The van der Waals surface area contributed by atoms with Gasteiger partial charge < -0.3 is 29.6 Å². The van der Waals surface area contributed by atoms with Crippen molar-refractivity contribution in [1.82, 2.24) is 24.7 Å². The van der Waals surface area contributed by atoms with Gasteiger partial charge in [-0.1, -0.05) is 0 Å². The maximum atomic E-state index is 12.8. The van der Waals surface area contributed by atoms with Crippen molar-refractivity contribution in [1.29, 1.82) is 0 Å². The average Bonchev–Trinajstić information content (AvgIpc) is 3.18. The largest absolute Gasteiger partial charge is 0.497 e. The normalized spacial score (nSPS) is 14.2. The minimum absolute atomic E-state index is 0.0754. The van der Waals surface area contributed by atoms with Crippen LogP contribution >= 0.6 is 0 Å². The number of urea groups is 1. The topological polar surface area (TPSA) is 101 Å². The Kier molecular flexibility index (Phi) is 7.64. The molecule has 0 radical (unpaired) electrons. The number of aryl methyl sites for hydroxylation is 1. The number of carbonyl (C=O) groups is 2. The number of hydrogen-bond acceptors (Lipinski definition) is 6. The summed E-state index contributed by atoms with van der Waals surface area (Å²) in [6, 6.07) is 10.8. The van der Waals surface area contributed by atoms with Crippen LogP contribution in [0.2, 0.25) is 0 Å². The van der Waals surface area contributed by atoms with E-state index in [4.69, 9.17) is 14.5 Å². The SMILES string of the molecule is COc1ccc(NC(=O)N2CCN(Cc3nc4cc(C(=O)NC(C)C)ccc4n3C)CC2)c(OC)c1. The van der Waals surface area contributed by atoms with Crippen molar-refractivity contribution in [2.75, 3.05) is 45.7 Å². The van der Waals surface area contributed by atoms with Crippen LogP contribution < -0.4 is 20.1 Å². The Balaban J connectivity index is 1.36. The molecule has 1 saturated heterocycles. The second kappa shape index (κ2) is 10.9. The van der Waals surface area contributed by atoms with E-state index in [0.29, 0.717) is 42.4 Å². The van der Waals surface area contributed by atoms with Crippen LogP contribution in [0.25, 0.3) is 11.0 Å². The van der Waals surface area contributed by atoms with Crippen molar-refractivity contribution in [3.63, 3.8) is 0 Å². The Labute approximate surface area is 211 Å². The van der Waals surface area contributed by atoms with Crippen LogP contribution in [0.3, 0.4) is 0 Å². The third kappa shape index (κ3) is 5.54. The number of rotatable bonds is 7. The summed E-state index contributed by atoms with van der Waals surface area (Å²) >= 11 is 0. The summed E-state index contributed by atoms with van der Waals surface area (Å²) in [6.07, 6.45) is 0. The average molecular weight is 495 g/mol. The van der Waals surface area contributed by atoms with E-state index in [-0.39, 0.29) is 18.0 Å². The lowest BCUT2D eigenvalue weighted by atomic mass is 10.2. The molecule has 1 aliphatic heterocycles. The lowest BCUT2D eigenvalue weighted by Gasteiger charge is -2.34. The standard InChI is InChI=1S/C26H34N6O4/c1-17(2)27-25(33)18-6-9-22-21(14-18)28-24(30(22)3)16-31-10-12-32(13-11-31)26(34)29-20-8-7-19(35-4)15-23(20)36-5/h6-9,14-15,17H,10-13,16H2,1-5H3,(H,27,33)(H,29,34). The van der Waals surface area contributed by atoms with Gasteiger partial charge in [0, 0.05) is 50.9 Å². The number of imidazole rings is 1. The van der Waals surface area contributed by atoms with Crippen molar-refractivity contribution in [3.05, 3.63) is 47.8 Å². The number of nitrogens with one attached hydrogen (secondary N) is 2. The van der Waals surface area contributed by atoms with Crippen LogP contribution in [-0.4, -0.2) is 77.7 Å². The van der Waals surface area contributed by atoms with Gasteiger partial charge in [0.2, 0.25) is 0 Å². The zero-order valence-electron chi connectivity index (χ0n) is 21.5. The predicted octanol–water partition coefficient (Wildman–Crippen LogP) is 3.08. The van der Waals surface area contributed by atoms with Crippen LogP contribution in [0, 0.1) is 0 Å². The first-order valence-corrected chi connectivity index (χ1v) is 12.1. The lowest BCUT2D eigenvalue weighted by molar-refractivity contribution is 0.0943. The van der Waals surface area contributed by atoms with E-state index in [0.717, 1.165) is 29.9 Å². The molecule has 3 aromatic rings. The number of benzene rings is 2. The highest BCUT2D eigenvalue weighted by Gasteiger charge is 2.23. The fourth-order valence-electron chi connectivity index (χ4n) is 4.28. The molecule has 2 aromatic carbocycles. The molecule has 36 heavy (non-hydrogen) atoms. The van der Waals surface area contributed by atoms with E-state index in [2.05, 4.69) is 20.1 Å². The molecule has 10 heteroatoms. The van der Waals surface area contributed by atoms with Crippen molar-refractivity contribution < 1.29 is 19.1 Å². The molecule has 1 aromatic heterocycles. The van der Waals surface area contributed by atoms with Crippen LogP contribution in [0.15, 0.2) is 36.4 Å². The van der Waals surface area contributed by atoms with E-state index in [9.17, 15) is 9.59 Å². The van der Waals surface area contributed by atoms with Gasteiger partial charge in [-0.15, -0.1) is 0 Å². The van der Waals surface area contributed by atoms with Gasteiger partial charge in [0.25, 0.3) is 5.91 Å². The number of carbonyl (C=O) groups excluding carboxylic acids is 2. The van der Waals surface area contributed by atoms with Gasteiger partial charge in [0.1, 0.15) is 17.3 Å². The Bertz CT molecular complexity index is 1250. The first-order chi connectivity index (χ1) is 17.3. The van der Waals surface area contributed by atoms with Crippen LogP contribution in [0.5, 0.6) is 11.5 Å². The molecule has 0 spiro atoms. The van der Waals surface area contributed by atoms with Crippen LogP contribution in [-0.2, 0) is 13.6 Å². The lowest BCUT2D eigenvalue weighted by Crippen LogP contribution is -2.49. The third-order valence-corrected chi connectivity index (χ3v) is 6.33. The molecule has 4 rings (SSSR count). The van der Waals surface area contributed by atoms with E-state index >= 15 is 0 Å². The summed E-state index contributed by atoms with van der Waals surface area (Å²) in [4.78, 5) is 34.1. The molecule has 0 atom stereocenters. The molecule has 1 aliphatic rings. The molecular weight excluding hydrogens is 460 g/mol. The summed E-state index contributed by atoms with van der Waals surface area (Å²) in [6.45, 7) is 7.22. The number of hydrogen-bond donors (Lipinski definition) is 2. The molecule has 0 bridgehead atoms. The number of methoxy groups -OCH3 is 2. The van der Waals surface area contributed by atoms with Crippen molar-refractivity contribution in [2.24, 2.45) is 7.05 Å². The Morgan fingerprint density at radius 3 is 2.44 bits per heavy atom. The highest BCUT2D eigenvalue weighted by atomic mass is 16.5. The first kappa shape index (κ1) is 25.3. The first-order valence-electron chi connectivity index (χ1n) is 12.1. The van der Waals surface area contributed by atoms with Crippen molar-refractivity contribution >= 4 is 28.7 Å². The maximum absolute atomic E-state index is 12.8. The number of anilines is 1. The summed E-state index contributed by atoms with van der Waals surface area (Å²) in [5.41, 5.74) is 2.99. The number of nitrogens with zero attached hydrogens (tertiary/aromatic N) is 4. The maximum Gasteiger partial charge on any atom is 0.322 e. The quantitative estimate of drug-likeness (QED) is 0.524. The number of fused-ring (bicyclic) bond motifs is 1. The molecule has 0 saturated carbocycles. The van der Waals surface area contributed by atoms with Gasteiger partial charge in [0.05, 0.1) is 37.5 Å². The summed E-state index contributed by atoms with van der Waals surface area (Å²) in [5, 5.41) is 5.86. The molecule has 0 aliphatic carbocycles. The summed E-state index contributed by atoms with van der Waals surface area (Å²) in [7, 11) is 5.14. The molecule has 3 amide bonds. The van der Waals surface area contributed by atoms with E-state index in [1.165, 1.54) is 0 Å². The monoisotopic (exact) mass is 494 g/mol. The number of aromatic nitrogens is 2. The van der Waals surface area contributed by atoms with Gasteiger partial charge >= 0.3 is 6.03 Å². The molecule has 2 N–H and O–H groups in total. The van der Waals surface area contributed by atoms with Crippen molar-refractivity contribution in [3.8, 4) is 11.5 Å². The third-order valence-electron chi connectivity index (χ3n) is 6.33. The van der Waals surface area contributed by atoms with Crippen LogP contribution in [0.1, 0.15) is 30.0 Å². The predicted molar refractivity (Wildman–Crippen MR) is 139 cm³/mol. The van der Waals surface area contributed by atoms with E-state index in [1.54, 1.807) is 37.3 Å². The number of piperazine rings is 1. The Hall–Kier alpha value is -3.79. The molecule has 192 valence electrons. The van der Waals surface area contributed by atoms with E-state index in [1.807, 2.05) is 39.1 Å². The smallest absolute Gasteiger partial charge is 0.322 e. The fourth-order valence-corrected chi connectivity index (χ4v) is 4.28. The van der Waals surface area contributed by atoms with Gasteiger partial charge in [-0.2, -0.15) is 0 Å². The fraction of sp³-hybridized carbons (Fsp3) is 0.423. The minimum atomic E-state index is -0.159. The minimum Gasteiger partial charge on any atom is -0.497 e. The Morgan fingerprint density at radius 2 is 1.78 bits per heavy atom. The zero-order valence-corrected chi connectivity index (χ0v) is 21.5. The molecular formula is C26H34N6O4. The van der Waals surface area contributed by atoms with Crippen LogP contribution in [0.4, 0.5) is 10.5 Å². The highest BCUT2D eigenvalue weighted by Crippen LogP contribution is 2.29. The molecule has 1 fully saturated rings. The van der Waals surface area contributed by atoms with Crippen molar-refractivity contribution in [2.45, 2.75) is 26.4 Å². The number of ether oxygens (including phenoxy) is 2. The summed E-state index contributed by atoms with van der Waals surface area (Å²) < 4.78 is 12.7. The highest BCUT2D eigenvalue weighted by molar-refractivity contribution is 5.97. The van der Waals surface area contributed by atoms with Gasteiger partial charge in [-0.3, -0.25) is 9.69 Å². The Morgan fingerprint density at radius 1 is 1.03 bits per heavy atom. The zero-order chi connectivity index (χ0) is 25.8. The molecule has 10 nitrogen and oxygen atoms in total. The van der Waals surface area contributed by atoms with Gasteiger partial charge in [0.15, 0.2) is 0 Å². The van der Waals surface area contributed by atoms with Gasteiger partial charge in [-0.05, 0) is 44.2 Å². The molecule has 2 heterocycles. The molecule has 0 unspecified atom stereocenters. The number of amides is 3. The second-order valence-electron chi connectivity index (χ2n) is 9.18. The second-order valence-corrected chi connectivity index (χ2v) is 9.18. The van der Waals surface area contributed by atoms with Gasteiger partial charge in [-0.25, -0.2) is 9.78 Å².